The van der Waals surface area contributed by atoms with Crippen LogP contribution < -0.4 is 0 Å². The molecular weight excluding hydrogens is 604 g/mol. The largest absolute Gasteiger partial charge is 0.480 e. The molecule has 0 aromatic rings. The zero-order chi connectivity index (χ0) is 33.3. The van der Waals surface area contributed by atoms with Gasteiger partial charge in [0, 0.05) is 19.5 Å². The second kappa shape index (κ2) is 11.1. The standard InChI is InChI=1S/C40H62N2O6/c1-36(2)30-11-12-31-38(4)21-29-27(10-9-26(47-29)22-41-17-5-6-28(41)35(44)45)37(38,3)15-16-40(31)24-39(30,40)14-13-32(36)48-34-23-42(18-19-46-34)33(43)20-25-7-8-25/h25-32,34H,5-24H2,1-4H3,(H,44,45)/t26?,27-,28+,29?,30-,31?,32-,34?,37+,38-,39?,40-/m0/s1. The van der Waals surface area contributed by atoms with Crippen molar-refractivity contribution in [1.82, 2.24) is 9.80 Å². The smallest absolute Gasteiger partial charge is 0.320 e. The van der Waals surface area contributed by atoms with Gasteiger partial charge in [-0.3, -0.25) is 14.5 Å². The number of hydrogen-bond donors (Lipinski definition) is 1. The summed E-state index contributed by atoms with van der Waals surface area (Å²) in [5.74, 6) is 2.31. The van der Waals surface area contributed by atoms with Crippen LogP contribution in [0.3, 0.4) is 0 Å². The minimum absolute atomic E-state index is 0.0847. The molecule has 0 aromatic carbocycles. The molecule has 1 amide bonds. The van der Waals surface area contributed by atoms with Crippen molar-refractivity contribution in [3.63, 3.8) is 0 Å². The van der Waals surface area contributed by atoms with Crippen molar-refractivity contribution in [2.24, 2.45) is 50.7 Å². The normalized spacial score (nSPS) is 50.9. The van der Waals surface area contributed by atoms with E-state index in [1.807, 2.05) is 4.90 Å². The molecule has 3 heterocycles. The fourth-order valence-corrected chi connectivity index (χ4v) is 14.6. The predicted octanol–water partition coefficient (Wildman–Crippen LogP) is 6.50. The monoisotopic (exact) mass is 666 g/mol. The third-order valence-corrected chi connectivity index (χ3v) is 17.3. The van der Waals surface area contributed by atoms with Gasteiger partial charge >= 0.3 is 5.97 Å². The van der Waals surface area contributed by atoms with Crippen molar-refractivity contribution < 1.29 is 28.9 Å². The number of ether oxygens (including phenoxy) is 3. The van der Waals surface area contributed by atoms with Gasteiger partial charge < -0.3 is 24.2 Å². The first-order valence-electron chi connectivity index (χ1n) is 20.1. The zero-order valence-electron chi connectivity index (χ0n) is 30.2. The van der Waals surface area contributed by atoms with E-state index in [9.17, 15) is 14.7 Å². The number of amides is 1. The Bertz CT molecular complexity index is 1320. The van der Waals surface area contributed by atoms with Gasteiger partial charge in [-0.1, -0.05) is 27.7 Å². The summed E-state index contributed by atoms with van der Waals surface area (Å²) in [7, 11) is 0. The molecule has 1 N–H and O–H groups in total. The van der Waals surface area contributed by atoms with Crippen LogP contribution in [0, 0.1) is 50.7 Å². The Morgan fingerprint density at radius 2 is 1.67 bits per heavy atom. The van der Waals surface area contributed by atoms with Gasteiger partial charge in [-0.25, -0.2) is 0 Å². The molecule has 9 fully saturated rings. The lowest BCUT2D eigenvalue weighted by Gasteiger charge is -2.63. The quantitative estimate of drug-likeness (QED) is 0.332. The number of rotatable bonds is 7. The SMILES string of the molecule is CC1(C)[C@@H](OC2CN(C(=O)CC3CC3)CCO2)CCC23C[C@]24CC[C@]2(C)[C@H]5CCC(CN6CCC[C@@H]6C(=O)O)OC5C[C@@]2(C)C4CC[C@@H]13. The maximum Gasteiger partial charge on any atom is 0.320 e. The Hall–Kier alpha value is -1.22. The molecule has 9 aliphatic rings. The third kappa shape index (κ3) is 4.66. The Labute approximate surface area is 288 Å². The van der Waals surface area contributed by atoms with E-state index >= 15 is 0 Å². The van der Waals surface area contributed by atoms with Crippen molar-refractivity contribution in [1.29, 1.82) is 0 Å². The molecule has 0 bridgehead atoms. The predicted molar refractivity (Wildman–Crippen MR) is 181 cm³/mol. The van der Waals surface area contributed by atoms with Crippen molar-refractivity contribution in [2.75, 3.05) is 32.8 Å². The molecule has 8 heteroatoms. The highest BCUT2D eigenvalue weighted by molar-refractivity contribution is 5.76. The summed E-state index contributed by atoms with van der Waals surface area (Å²) < 4.78 is 20.1. The van der Waals surface area contributed by atoms with Gasteiger partial charge in [-0.05, 0) is 147 Å². The molecule has 2 spiro atoms. The van der Waals surface area contributed by atoms with Gasteiger partial charge in [0.2, 0.25) is 5.91 Å². The lowest BCUT2D eigenvalue weighted by Crippen LogP contribution is -2.58. The van der Waals surface area contributed by atoms with Crippen molar-refractivity contribution in [3.8, 4) is 0 Å². The molecule has 9 rings (SSSR count). The Kier molecular flexibility index (Phi) is 7.58. The number of nitrogens with zero attached hydrogens (tertiary/aromatic N) is 2. The van der Waals surface area contributed by atoms with Gasteiger partial charge in [0.05, 0.1) is 31.5 Å². The van der Waals surface area contributed by atoms with Crippen LogP contribution in [-0.2, 0) is 23.8 Å². The van der Waals surface area contributed by atoms with Crippen molar-refractivity contribution in [2.45, 2.75) is 155 Å². The van der Waals surface area contributed by atoms with E-state index in [-0.39, 0.29) is 30.0 Å². The molecule has 8 nitrogen and oxygen atoms in total. The van der Waals surface area contributed by atoms with Crippen LogP contribution in [0.2, 0.25) is 0 Å². The molecule has 5 unspecified atom stereocenters. The topological polar surface area (TPSA) is 88.5 Å². The number of carboxylic acid groups (broad SMARTS) is 1. The summed E-state index contributed by atoms with van der Waals surface area (Å²) in [5, 5.41) is 9.76. The Morgan fingerprint density at radius 3 is 2.46 bits per heavy atom. The summed E-state index contributed by atoms with van der Waals surface area (Å²) in [6.07, 6.45) is 17.9. The van der Waals surface area contributed by atoms with Crippen molar-refractivity contribution in [3.05, 3.63) is 0 Å². The minimum atomic E-state index is -0.666. The van der Waals surface area contributed by atoms with E-state index in [1.54, 1.807) is 0 Å². The number of carbonyl (C=O) groups excluding carboxylic acids is 1. The summed E-state index contributed by atoms with van der Waals surface area (Å²) >= 11 is 0. The average molecular weight is 667 g/mol. The van der Waals surface area contributed by atoms with E-state index in [0.29, 0.717) is 77.5 Å². The molecule has 6 saturated carbocycles. The van der Waals surface area contributed by atoms with Crippen molar-refractivity contribution >= 4 is 11.9 Å². The molecule has 3 aliphatic heterocycles. The lowest BCUT2D eigenvalue weighted by molar-refractivity contribution is -0.246. The molecule has 48 heavy (non-hydrogen) atoms. The summed E-state index contributed by atoms with van der Waals surface area (Å²) in [6, 6.07) is -0.329. The van der Waals surface area contributed by atoms with Crippen LogP contribution in [0.5, 0.6) is 0 Å². The second-order valence-electron chi connectivity index (χ2n) is 19.5. The first-order chi connectivity index (χ1) is 22.9. The Balaban J connectivity index is 0.882. The highest BCUT2D eigenvalue weighted by atomic mass is 16.7. The van der Waals surface area contributed by atoms with E-state index in [2.05, 4.69) is 32.6 Å². The molecule has 12 atom stereocenters. The molecule has 3 saturated heterocycles. The molecular formula is C40H62N2O6. The first-order valence-corrected chi connectivity index (χ1v) is 20.1. The number of fused-ring (bicyclic) bond motifs is 4. The van der Waals surface area contributed by atoms with E-state index in [0.717, 1.165) is 44.7 Å². The summed E-state index contributed by atoms with van der Waals surface area (Å²) in [6.45, 7) is 13.9. The lowest BCUT2D eigenvalue weighted by atomic mass is 9.42. The molecule has 0 aromatic heterocycles. The molecule has 0 radical (unpaired) electrons. The van der Waals surface area contributed by atoms with Crippen LogP contribution in [0.1, 0.15) is 124 Å². The van der Waals surface area contributed by atoms with E-state index < -0.39 is 5.97 Å². The average Bonchev–Trinajstić information content (AvgIpc) is 3.91. The molecule has 6 aliphatic carbocycles. The first kappa shape index (κ1) is 32.7. The number of carbonyl (C=O) groups is 2. The number of aliphatic carboxylic acids is 1. The van der Waals surface area contributed by atoms with Gasteiger partial charge in [0.1, 0.15) is 6.04 Å². The maximum atomic E-state index is 12.9. The zero-order valence-corrected chi connectivity index (χ0v) is 30.2. The second-order valence-corrected chi connectivity index (χ2v) is 19.5. The number of carboxylic acids is 1. The fourth-order valence-electron chi connectivity index (χ4n) is 14.6. The van der Waals surface area contributed by atoms with Crippen LogP contribution in [0.15, 0.2) is 0 Å². The molecule has 268 valence electrons. The minimum Gasteiger partial charge on any atom is -0.480 e. The van der Waals surface area contributed by atoms with Gasteiger partial charge in [-0.15, -0.1) is 0 Å². The number of likely N-dealkylation sites (tertiary alicyclic amines) is 1. The van der Waals surface area contributed by atoms with Gasteiger partial charge in [0.15, 0.2) is 6.29 Å². The van der Waals surface area contributed by atoms with E-state index in [1.165, 1.54) is 64.2 Å². The number of hydrogen-bond acceptors (Lipinski definition) is 6. The van der Waals surface area contributed by atoms with Crippen LogP contribution >= 0.6 is 0 Å². The van der Waals surface area contributed by atoms with Gasteiger partial charge in [0.25, 0.3) is 0 Å². The summed E-state index contributed by atoms with van der Waals surface area (Å²) in [5.41, 5.74) is 1.62. The van der Waals surface area contributed by atoms with Crippen LogP contribution in [-0.4, -0.2) is 90.2 Å². The number of morpholine rings is 1. The van der Waals surface area contributed by atoms with Crippen LogP contribution in [0.4, 0.5) is 0 Å². The van der Waals surface area contributed by atoms with Crippen LogP contribution in [0.25, 0.3) is 0 Å². The highest BCUT2D eigenvalue weighted by Gasteiger charge is 2.83. The fraction of sp³-hybridized carbons (Fsp3) is 0.950. The summed E-state index contributed by atoms with van der Waals surface area (Å²) in [4.78, 5) is 29.0. The third-order valence-electron chi connectivity index (χ3n) is 17.3. The van der Waals surface area contributed by atoms with E-state index in [4.69, 9.17) is 14.2 Å². The van der Waals surface area contributed by atoms with Gasteiger partial charge in [-0.2, -0.15) is 0 Å². The highest BCUT2D eigenvalue weighted by Crippen LogP contribution is 2.89. The maximum absolute atomic E-state index is 12.9. The Morgan fingerprint density at radius 1 is 0.875 bits per heavy atom.